The van der Waals surface area contributed by atoms with Gasteiger partial charge in [-0.15, -0.1) is 11.3 Å². The lowest BCUT2D eigenvalue weighted by molar-refractivity contribution is -0.149. The number of carboxylic acid groups (broad SMARTS) is 1. The van der Waals surface area contributed by atoms with E-state index in [1.165, 1.54) is 0 Å². The third kappa shape index (κ3) is 4.48. The van der Waals surface area contributed by atoms with E-state index in [9.17, 15) is 14.7 Å². The van der Waals surface area contributed by atoms with Gasteiger partial charge in [-0.2, -0.15) is 0 Å². The Hall–Kier alpha value is -1.63. The molecule has 0 atom stereocenters. The molecule has 0 aromatic carbocycles. The molecule has 0 bridgehead atoms. The number of hydrogen-bond acceptors (Lipinski definition) is 4. The molecule has 1 heterocycles. The van der Waals surface area contributed by atoms with Crippen molar-refractivity contribution >= 4 is 23.3 Å². The number of aromatic nitrogens is 1. The molecule has 6 nitrogen and oxygen atoms in total. The molecular formula is C13H21N3O3S. The van der Waals surface area contributed by atoms with E-state index >= 15 is 0 Å². The molecular weight excluding hydrogens is 278 g/mol. The van der Waals surface area contributed by atoms with E-state index in [1.54, 1.807) is 17.5 Å². The zero-order valence-electron chi connectivity index (χ0n) is 11.8. The Balaban J connectivity index is 2.33. The van der Waals surface area contributed by atoms with Crippen LogP contribution in [0, 0.1) is 5.41 Å². The molecule has 0 spiro atoms. The zero-order chi connectivity index (χ0) is 15.0. The fourth-order valence-corrected chi connectivity index (χ4v) is 2.47. The van der Waals surface area contributed by atoms with Crippen molar-refractivity contribution in [2.45, 2.75) is 33.1 Å². The molecule has 0 saturated carbocycles. The lowest BCUT2D eigenvalue weighted by Gasteiger charge is -2.26. The summed E-state index contributed by atoms with van der Waals surface area (Å²) in [6.45, 7) is 4.26. The maximum atomic E-state index is 11.6. The predicted molar refractivity (Wildman–Crippen MR) is 77.9 cm³/mol. The third-order valence-electron chi connectivity index (χ3n) is 3.50. The molecule has 112 valence electrons. The number of carboxylic acids is 1. The topological polar surface area (TPSA) is 91.3 Å². The second-order valence-corrected chi connectivity index (χ2v) is 5.56. The van der Waals surface area contributed by atoms with Crippen molar-refractivity contribution in [3.8, 4) is 0 Å². The molecule has 0 radical (unpaired) electrons. The quantitative estimate of drug-likeness (QED) is 0.683. The lowest BCUT2D eigenvalue weighted by Crippen LogP contribution is -2.46. The number of carbonyl (C=O) groups is 2. The number of hydrogen-bond donors (Lipinski definition) is 3. The molecule has 1 aromatic heterocycles. The van der Waals surface area contributed by atoms with Crippen molar-refractivity contribution in [3.05, 3.63) is 16.6 Å². The van der Waals surface area contributed by atoms with Crippen LogP contribution in [0.25, 0.3) is 0 Å². The fourth-order valence-electron chi connectivity index (χ4n) is 1.85. The van der Waals surface area contributed by atoms with Gasteiger partial charge in [0.05, 0.1) is 10.4 Å². The molecule has 1 aromatic rings. The average molecular weight is 299 g/mol. The van der Waals surface area contributed by atoms with Crippen LogP contribution in [0.5, 0.6) is 0 Å². The number of urea groups is 1. The molecule has 0 aliphatic carbocycles. The van der Waals surface area contributed by atoms with Gasteiger partial charge in [-0.1, -0.05) is 13.8 Å². The first-order valence-corrected chi connectivity index (χ1v) is 7.55. The van der Waals surface area contributed by atoms with Gasteiger partial charge in [0.15, 0.2) is 0 Å². The van der Waals surface area contributed by atoms with Crippen LogP contribution in [0.3, 0.4) is 0 Å². The van der Waals surface area contributed by atoms with Crippen molar-refractivity contribution in [1.82, 2.24) is 15.6 Å². The Labute approximate surface area is 122 Å². The summed E-state index contributed by atoms with van der Waals surface area (Å²) in [6, 6.07) is -0.339. The molecule has 20 heavy (non-hydrogen) atoms. The van der Waals surface area contributed by atoms with Crippen LogP contribution in [0.2, 0.25) is 0 Å². The van der Waals surface area contributed by atoms with Crippen LogP contribution in [-0.4, -0.2) is 35.2 Å². The first-order valence-electron chi connectivity index (χ1n) is 6.67. The van der Waals surface area contributed by atoms with Gasteiger partial charge in [0.2, 0.25) is 0 Å². The lowest BCUT2D eigenvalue weighted by atomic mass is 9.82. The van der Waals surface area contributed by atoms with E-state index < -0.39 is 11.4 Å². The van der Waals surface area contributed by atoms with Gasteiger partial charge in [-0.25, -0.2) is 9.78 Å². The highest BCUT2D eigenvalue weighted by atomic mass is 32.1. The second-order valence-electron chi connectivity index (χ2n) is 4.58. The SMILES string of the molecule is CCC(CC)(CNC(=O)NCCc1nccs1)C(=O)O. The smallest absolute Gasteiger partial charge is 0.314 e. The predicted octanol–water partition coefficient (Wildman–Crippen LogP) is 1.88. The maximum absolute atomic E-state index is 11.6. The molecule has 0 aliphatic heterocycles. The van der Waals surface area contributed by atoms with Crippen LogP contribution in [-0.2, 0) is 11.2 Å². The van der Waals surface area contributed by atoms with Crippen molar-refractivity contribution in [3.63, 3.8) is 0 Å². The van der Waals surface area contributed by atoms with Gasteiger partial charge in [-0.3, -0.25) is 4.79 Å². The molecule has 2 amide bonds. The highest BCUT2D eigenvalue weighted by molar-refractivity contribution is 7.09. The highest BCUT2D eigenvalue weighted by Gasteiger charge is 2.35. The second kappa shape index (κ2) is 7.84. The first-order chi connectivity index (χ1) is 9.54. The van der Waals surface area contributed by atoms with Crippen molar-refractivity contribution < 1.29 is 14.7 Å². The summed E-state index contributed by atoms with van der Waals surface area (Å²) < 4.78 is 0. The molecule has 0 saturated heterocycles. The normalized spacial score (nSPS) is 11.1. The number of rotatable bonds is 8. The number of amides is 2. The number of thiazole rings is 1. The van der Waals surface area contributed by atoms with E-state index in [0.29, 0.717) is 25.8 Å². The minimum Gasteiger partial charge on any atom is -0.481 e. The summed E-state index contributed by atoms with van der Waals surface area (Å²) >= 11 is 1.54. The Morgan fingerprint density at radius 1 is 1.35 bits per heavy atom. The monoisotopic (exact) mass is 299 g/mol. The Morgan fingerprint density at radius 3 is 2.55 bits per heavy atom. The van der Waals surface area contributed by atoms with Crippen molar-refractivity contribution in [1.29, 1.82) is 0 Å². The van der Waals surface area contributed by atoms with Crippen molar-refractivity contribution in [2.24, 2.45) is 5.41 Å². The van der Waals surface area contributed by atoms with Gasteiger partial charge in [0, 0.05) is 31.1 Å². The summed E-state index contributed by atoms with van der Waals surface area (Å²) in [5.74, 6) is -0.870. The molecule has 0 fully saturated rings. The van der Waals surface area contributed by atoms with Gasteiger partial charge >= 0.3 is 12.0 Å². The number of nitrogens with zero attached hydrogens (tertiary/aromatic N) is 1. The van der Waals surface area contributed by atoms with Gasteiger partial charge in [0.1, 0.15) is 0 Å². The summed E-state index contributed by atoms with van der Waals surface area (Å²) in [5, 5.41) is 17.5. The van der Waals surface area contributed by atoms with E-state index in [-0.39, 0.29) is 12.6 Å². The first kappa shape index (κ1) is 16.4. The van der Waals surface area contributed by atoms with Crippen LogP contribution in [0.1, 0.15) is 31.7 Å². The molecule has 1 rings (SSSR count). The summed E-state index contributed by atoms with van der Waals surface area (Å²) in [6.07, 6.45) is 3.37. The highest BCUT2D eigenvalue weighted by Crippen LogP contribution is 2.25. The average Bonchev–Trinajstić information content (AvgIpc) is 2.93. The molecule has 0 unspecified atom stereocenters. The van der Waals surface area contributed by atoms with Crippen LogP contribution in [0.15, 0.2) is 11.6 Å². The number of carbonyl (C=O) groups excluding carboxylic acids is 1. The van der Waals surface area contributed by atoms with Crippen molar-refractivity contribution in [2.75, 3.05) is 13.1 Å². The number of nitrogens with one attached hydrogen (secondary N) is 2. The van der Waals surface area contributed by atoms with Gasteiger partial charge < -0.3 is 15.7 Å². The van der Waals surface area contributed by atoms with Gasteiger partial charge in [-0.05, 0) is 12.8 Å². The minimum absolute atomic E-state index is 0.137. The largest absolute Gasteiger partial charge is 0.481 e. The molecule has 7 heteroatoms. The fraction of sp³-hybridized carbons (Fsp3) is 0.615. The van der Waals surface area contributed by atoms with Crippen LogP contribution >= 0.6 is 11.3 Å². The van der Waals surface area contributed by atoms with E-state index in [2.05, 4.69) is 15.6 Å². The molecule has 3 N–H and O–H groups in total. The summed E-state index contributed by atoms with van der Waals surface area (Å²) in [4.78, 5) is 27.0. The number of aliphatic carboxylic acids is 1. The molecule has 0 aliphatic rings. The van der Waals surface area contributed by atoms with E-state index in [1.807, 2.05) is 19.2 Å². The minimum atomic E-state index is -0.882. The van der Waals surface area contributed by atoms with Crippen LogP contribution in [0.4, 0.5) is 4.79 Å². The zero-order valence-corrected chi connectivity index (χ0v) is 12.6. The Morgan fingerprint density at radius 2 is 2.05 bits per heavy atom. The maximum Gasteiger partial charge on any atom is 0.314 e. The Kier molecular flexibility index (Phi) is 6.44. The van der Waals surface area contributed by atoms with E-state index in [0.717, 1.165) is 5.01 Å². The summed E-state index contributed by atoms with van der Waals surface area (Å²) in [7, 11) is 0. The van der Waals surface area contributed by atoms with Crippen LogP contribution < -0.4 is 10.6 Å². The van der Waals surface area contributed by atoms with Gasteiger partial charge in [0.25, 0.3) is 0 Å². The Bertz CT molecular complexity index is 430. The summed E-state index contributed by atoms with van der Waals surface area (Å²) in [5.41, 5.74) is -0.882. The standard InChI is InChI=1S/C13H21N3O3S/c1-3-13(4-2,11(17)18)9-16-12(19)15-6-5-10-14-7-8-20-10/h7-8H,3-6,9H2,1-2H3,(H,17,18)(H2,15,16,19). The van der Waals surface area contributed by atoms with E-state index in [4.69, 9.17) is 0 Å². The third-order valence-corrected chi connectivity index (χ3v) is 4.34.